The Hall–Kier alpha value is -1.76. The van der Waals surface area contributed by atoms with Crippen molar-refractivity contribution in [3.05, 3.63) is 40.2 Å². The van der Waals surface area contributed by atoms with E-state index in [0.717, 1.165) is 62.1 Å². The molecule has 2 aromatic rings. The number of halogens is 1. The summed E-state index contributed by atoms with van der Waals surface area (Å²) in [6.07, 6.45) is 11.1. The first kappa shape index (κ1) is 41.3. The maximum atomic E-state index is 11.5. The third kappa shape index (κ3) is 10.1. The summed E-state index contributed by atoms with van der Waals surface area (Å²) in [5.41, 5.74) is 3.84. The number of anilines is 1. The maximum Gasteiger partial charge on any atom is 0.139 e. The van der Waals surface area contributed by atoms with Gasteiger partial charge in [0.2, 0.25) is 0 Å². The number of phenols is 1. The van der Waals surface area contributed by atoms with Crippen molar-refractivity contribution < 1.29 is 14.6 Å². The van der Waals surface area contributed by atoms with Crippen LogP contribution in [0.5, 0.6) is 5.75 Å². The zero-order valence-corrected chi connectivity index (χ0v) is 31.9. The molecule has 3 atom stereocenters. The number of hydrogen-bond donors (Lipinski definition) is 1. The Morgan fingerprint density at radius 3 is 1.84 bits per heavy atom. The molecule has 3 unspecified atom stereocenters. The summed E-state index contributed by atoms with van der Waals surface area (Å²) >= 11 is 6.90. The van der Waals surface area contributed by atoms with Crippen LogP contribution in [0, 0.1) is 0 Å². The van der Waals surface area contributed by atoms with Crippen LogP contribution < -0.4 is 4.90 Å². The second-order valence-corrected chi connectivity index (χ2v) is 13.4. The smallest absolute Gasteiger partial charge is 0.139 e. The molecule has 260 valence electrons. The molecule has 0 spiro atoms. The highest BCUT2D eigenvalue weighted by atomic mass is 35.5. The lowest BCUT2D eigenvalue weighted by Gasteiger charge is -2.51. The fourth-order valence-electron chi connectivity index (χ4n) is 6.38. The molecule has 1 fully saturated rings. The van der Waals surface area contributed by atoms with E-state index in [0.29, 0.717) is 11.1 Å². The van der Waals surface area contributed by atoms with E-state index in [1.807, 2.05) is 33.8 Å². The molecule has 1 saturated carbocycles. The van der Waals surface area contributed by atoms with E-state index in [1.54, 1.807) is 14.2 Å². The van der Waals surface area contributed by atoms with Gasteiger partial charge in [-0.1, -0.05) is 119 Å². The first-order valence-corrected chi connectivity index (χ1v) is 18.3. The van der Waals surface area contributed by atoms with Gasteiger partial charge in [0.25, 0.3) is 0 Å². The fourth-order valence-corrected chi connectivity index (χ4v) is 6.67. The first-order valence-electron chi connectivity index (χ1n) is 18.0. The average molecular weight is 650 g/mol. The number of phenolic OH excluding ortho intramolecular Hbond substituents is 1. The topological polar surface area (TPSA) is 59.8 Å². The standard InChI is InChI=1S/C34H56ClN3O3.2C2H6/c1-10-13-16-17-23(4)38-22-25(33(36-38)34(5,6)7)28-31(40-8)27(32(28)41-9)24-18-19-26(29(35)30(24)39)37(20-14-11-2)21-15-12-3;2*1-2/h18-19,22-23,27-28,31-32,39H,10-17,20-21H2,1-9H3;2*1-2H3. The third-order valence-corrected chi connectivity index (χ3v) is 9.23. The van der Waals surface area contributed by atoms with Crippen LogP contribution in [-0.4, -0.2) is 54.4 Å². The zero-order valence-electron chi connectivity index (χ0n) is 31.2. The van der Waals surface area contributed by atoms with E-state index >= 15 is 0 Å². The number of methoxy groups -OCH3 is 2. The molecule has 6 nitrogen and oxygen atoms in total. The van der Waals surface area contributed by atoms with Crippen LogP contribution in [0.25, 0.3) is 0 Å². The van der Waals surface area contributed by atoms with E-state index in [2.05, 4.69) is 70.3 Å². The largest absolute Gasteiger partial charge is 0.506 e. The molecule has 45 heavy (non-hydrogen) atoms. The van der Waals surface area contributed by atoms with E-state index in [-0.39, 0.29) is 35.2 Å². The number of rotatable bonds is 16. The highest BCUT2D eigenvalue weighted by Gasteiger charge is 2.55. The summed E-state index contributed by atoms with van der Waals surface area (Å²) in [5, 5.41) is 17.0. The van der Waals surface area contributed by atoms with Crippen molar-refractivity contribution >= 4 is 17.3 Å². The lowest BCUT2D eigenvalue weighted by molar-refractivity contribution is -0.116. The summed E-state index contributed by atoms with van der Waals surface area (Å²) in [7, 11) is 3.52. The zero-order chi connectivity index (χ0) is 34.3. The lowest BCUT2D eigenvalue weighted by Crippen LogP contribution is -2.54. The van der Waals surface area contributed by atoms with Crippen LogP contribution in [0.2, 0.25) is 5.02 Å². The molecule has 0 radical (unpaired) electrons. The van der Waals surface area contributed by atoms with Crippen molar-refractivity contribution in [2.24, 2.45) is 0 Å². The molecule has 0 amide bonds. The van der Waals surface area contributed by atoms with Crippen molar-refractivity contribution in [3.8, 4) is 5.75 Å². The van der Waals surface area contributed by atoms with Crippen LogP contribution >= 0.6 is 11.6 Å². The van der Waals surface area contributed by atoms with Gasteiger partial charge < -0.3 is 19.5 Å². The number of aromatic nitrogens is 2. The molecule has 1 heterocycles. The Balaban J connectivity index is 0.00000243. The van der Waals surface area contributed by atoms with E-state index in [4.69, 9.17) is 26.2 Å². The van der Waals surface area contributed by atoms with Crippen molar-refractivity contribution in [3.63, 3.8) is 0 Å². The van der Waals surface area contributed by atoms with Crippen molar-refractivity contribution in [2.45, 2.75) is 163 Å². The Labute approximate surface area is 282 Å². The van der Waals surface area contributed by atoms with Crippen LogP contribution in [0.3, 0.4) is 0 Å². The molecular weight excluding hydrogens is 582 g/mol. The minimum Gasteiger partial charge on any atom is -0.506 e. The Morgan fingerprint density at radius 2 is 1.38 bits per heavy atom. The van der Waals surface area contributed by atoms with Crippen LogP contribution in [0.15, 0.2) is 18.3 Å². The molecule has 1 aromatic carbocycles. The number of unbranched alkanes of at least 4 members (excludes halogenated alkanes) is 4. The van der Waals surface area contributed by atoms with Gasteiger partial charge in [-0.2, -0.15) is 5.10 Å². The highest BCUT2D eigenvalue weighted by molar-refractivity contribution is 6.34. The monoisotopic (exact) mass is 649 g/mol. The van der Waals surface area contributed by atoms with E-state index < -0.39 is 0 Å². The molecule has 1 aliphatic rings. The van der Waals surface area contributed by atoms with Crippen LogP contribution in [-0.2, 0) is 14.9 Å². The summed E-state index contributed by atoms with van der Waals surface area (Å²) in [5.74, 6) is 0.00899. The lowest BCUT2D eigenvalue weighted by atomic mass is 9.62. The molecule has 0 saturated heterocycles. The van der Waals surface area contributed by atoms with Gasteiger partial charge in [-0.25, -0.2) is 0 Å². The molecule has 1 aromatic heterocycles. The quantitative estimate of drug-likeness (QED) is 0.183. The average Bonchev–Trinajstić information content (AvgIpc) is 3.47. The van der Waals surface area contributed by atoms with Gasteiger partial charge in [0.15, 0.2) is 0 Å². The minimum atomic E-state index is -0.168. The van der Waals surface area contributed by atoms with Crippen molar-refractivity contribution in [1.29, 1.82) is 0 Å². The Morgan fingerprint density at radius 1 is 0.867 bits per heavy atom. The van der Waals surface area contributed by atoms with E-state index in [1.165, 1.54) is 24.8 Å². The number of benzene rings is 1. The summed E-state index contributed by atoms with van der Waals surface area (Å²) in [6, 6.07) is 4.43. The molecule has 1 aliphatic carbocycles. The second-order valence-electron chi connectivity index (χ2n) is 13.0. The number of nitrogens with zero attached hydrogens (tertiary/aromatic N) is 3. The number of hydrogen-bond acceptors (Lipinski definition) is 5. The first-order chi connectivity index (χ1) is 21.5. The summed E-state index contributed by atoms with van der Waals surface area (Å²) in [4.78, 5) is 2.32. The molecule has 7 heteroatoms. The van der Waals surface area contributed by atoms with Crippen molar-refractivity contribution in [1.82, 2.24) is 9.78 Å². The molecule has 0 aliphatic heterocycles. The van der Waals surface area contributed by atoms with Gasteiger partial charge in [-0.3, -0.25) is 4.68 Å². The molecular formula is C38H68ClN3O3. The van der Waals surface area contributed by atoms with Crippen molar-refractivity contribution in [2.75, 3.05) is 32.2 Å². The van der Waals surface area contributed by atoms with Gasteiger partial charge in [-0.05, 0) is 32.3 Å². The third-order valence-electron chi connectivity index (χ3n) is 8.86. The van der Waals surface area contributed by atoms with Crippen LogP contribution in [0.4, 0.5) is 5.69 Å². The normalized spacial score (nSPS) is 20.0. The van der Waals surface area contributed by atoms with Gasteiger partial charge in [0.1, 0.15) is 10.8 Å². The SMILES string of the molecule is CC.CC.CCCCCC(C)n1cc(C2C(OC)C(c3ccc(N(CCCC)CCCC)c(Cl)c3O)C2OC)c(C(C)(C)C)n1. The van der Waals surface area contributed by atoms with Gasteiger partial charge in [-0.15, -0.1) is 0 Å². The Kier molecular flexibility index (Phi) is 18.8. The molecule has 0 bridgehead atoms. The Bertz CT molecular complexity index is 1080. The van der Waals surface area contributed by atoms with Gasteiger partial charge >= 0.3 is 0 Å². The van der Waals surface area contributed by atoms with Gasteiger partial charge in [0.05, 0.1) is 23.6 Å². The maximum absolute atomic E-state index is 11.5. The second kappa shape index (κ2) is 20.5. The predicted molar refractivity (Wildman–Crippen MR) is 195 cm³/mol. The predicted octanol–water partition coefficient (Wildman–Crippen LogP) is 11.1. The van der Waals surface area contributed by atoms with Gasteiger partial charge in [0, 0.05) is 67.9 Å². The molecule has 3 rings (SSSR count). The number of ether oxygens (including phenoxy) is 2. The number of aromatic hydroxyl groups is 1. The highest BCUT2D eigenvalue weighted by Crippen LogP contribution is 2.56. The summed E-state index contributed by atoms with van der Waals surface area (Å²) < 4.78 is 14.5. The summed E-state index contributed by atoms with van der Waals surface area (Å²) in [6.45, 7) is 25.4. The van der Waals surface area contributed by atoms with E-state index in [9.17, 15) is 5.11 Å². The fraction of sp³-hybridized carbons (Fsp3) is 0.763. The molecule has 1 N–H and O–H groups in total. The minimum absolute atomic E-state index is 0.00396. The van der Waals surface area contributed by atoms with Crippen LogP contribution in [0.1, 0.15) is 162 Å².